The predicted octanol–water partition coefficient (Wildman–Crippen LogP) is 1.61. The summed E-state index contributed by atoms with van der Waals surface area (Å²) < 4.78 is 28.1. The molecule has 2 aliphatic carbocycles. The molecule has 5 nitrogen and oxygen atoms in total. The zero-order chi connectivity index (χ0) is 17.0. The van der Waals surface area contributed by atoms with E-state index in [-0.39, 0.29) is 10.3 Å². The lowest BCUT2D eigenvalue weighted by Crippen LogP contribution is -2.56. The molecule has 6 heteroatoms. The normalized spacial score (nSPS) is 35.6. The Balaban J connectivity index is 1.81. The number of hydrogen-bond donors (Lipinski definition) is 3. The third kappa shape index (κ3) is 2.82. The van der Waals surface area contributed by atoms with Crippen LogP contribution in [0.2, 0.25) is 0 Å². The van der Waals surface area contributed by atoms with E-state index in [1.54, 1.807) is 24.3 Å². The van der Waals surface area contributed by atoms with Gasteiger partial charge in [-0.25, -0.2) is 13.1 Å². The highest BCUT2D eigenvalue weighted by molar-refractivity contribution is 7.89. The minimum Gasteiger partial charge on any atom is -0.391 e. The lowest BCUT2D eigenvalue weighted by Gasteiger charge is -2.38. The summed E-state index contributed by atoms with van der Waals surface area (Å²) in [7, 11) is -3.67. The van der Waals surface area contributed by atoms with Crippen molar-refractivity contribution in [1.29, 1.82) is 0 Å². The number of fused-ring (bicyclic) bond motifs is 1. The van der Waals surface area contributed by atoms with Gasteiger partial charge in [0.2, 0.25) is 10.0 Å². The van der Waals surface area contributed by atoms with Gasteiger partial charge in [0.1, 0.15) is 0 Å². The summed E-state index contributed by atoms with van der Waals surface area (Å²) in [6.45, 7) is 6.58. The molecule has 4 N–H and O–H groups in total. The Hall–Kier alpha value is -0.950. The van der Waals surface area contributed by atoms with Crippen molar-refractivity contribution in [3.63, 3.8) is 0 Å². The van der Waals surface area contributed by atoms with Gasteiger partial charge in [-0.3, -0.25) is 0 Å². The van der Waals surface area contributed by atoms with Gasteiger partial charge in [0.05, 0.1) is 16.5 Å². The van der Waals surface area contributed by atoms with Gasteiger partial charge in [-0.1, -0.05) is 26.0 Å². The Morgan fingerprint density at radius 3 is 2.39 bits per heavy atom. The Bertz CT molecular complexity index is 699. The molecule has 0 aromatic heterocycles. The van der Waals surface area contributed by atoms with Crippen molar-refractivity contribution in [1.82, 2.24) is 4.72 Å². The van der Waals surface area contributed by atoms with E-state index in [4.69, 9.17) is 5.73 Å². The van der Waals surface area contributed by atoms with Crippen LogP contribution < -0.4 is 10.5 Å². The fourth-order valence-corrected chi connectivity index (χ4v) is 5.55. The summed E-state index contributed by atoms with van der Waals surface area (Å²) in [5.41, 5.74) is 5.81. The molecule has 0 aliphatic heterocycles. The second-order valence-electron chi connectivity index (χ2n) is 7.86. The molecular formula is C17H26N2O3S. The van der Waals surface area contributed by atoms with Gasteiger partial charge < -0.3 is 10.8 Å². The maximum absolute atomic E-state index is 12.7. The first-order chi connectivity index (χ1) is 10.6. The van der Waals surface area contributed by atoms with Crippen molar-refractivity contribution >= 4 is 10.0 Å². The third-order valence-electron chi connectivity index (χ3n) is 5.98. The van der Waals surface area contributed by atoms with Gasteiger partial charge in [0, 0.05) is 6.54 Å². The molecule has 0 amide bonds. The molecule has 0 unspecified atom stereocenters. The lowest BCUT2D eigenvalue weighted by atomic mass is 9.82. The smallest absolute Gasteiger partial charge is 0.241 e. The number of aliphatic hydroxyl groups is 1. The number of benzene rings is 1. The van der Waals surface area contributed by atoms with Crippen molar-refractivity contribution in [3.05, 3.63) is 29.8 Å². The molecule has 0 saturated heterocycles. The number of aliphatic hydroxyl groups excluding tert-OH is 1. The Morgan fingerprint density at radius 2 is 1.83 bits per heavy atom. The Morgan fingerprint density at radius 1 is 1.22 bits per heavy atom. The van der Waals surface area contributed by atoms with E-state index < -0.39 is 21.7 Å². The summed E-state index contributed by atoms with van der Waals surface area (Å²) in [5, 5.41) is 10.5. The number of rotatable bonds is 4. The molecule has 2 saturated carbocycles. The van der Waals surface area contributed by atoms with E-state index in [9.17, 15) is 13.5 Å². The van der Waals surface area contributed by atoms with Gasteiger partial charge in [0.25, 0.3) is 0 Å². The maximum Gasteiger partial charge on any atom is 0.241 e. The zero-order valence-electron chi connectivity index (χ0n) is 13.9. The van der Waals surface area contributed by atoms with Crippen LogP contribution in [-0.4, -0.2) is 25.2 Å². The number of nitrogens with two attached hydrogens (primary N) is 1. The molecule has 2 fully saturated rings. The highest BCUT2D eigenvalue weighted by Crippen LogP contribution is 2.66. The zero-order valence-corrected chi connectivity index (χ0v) is 14.7. The predicted molar refractivity (Wildman–Crippen MR) is 89.1 cm³/mol. The van der Waals surface area contributed by atoms with Crippen molar-refractivity contribution in [2.24, 2.45) is 23.0 Å². The minimum atomic E-state index is -3.67. The maximum atomic E-state index is 12.7. The van der Waals surface area contributed by atoms with Gasteiger partial charge in [0.15, 0.2) is 0 Å². The molecule has 3 rings (SSSR count). The van der Waals surface area contributed by atoms with E-state index in [1.165, 1.54) is 0 Å². The van der Waals surface area contributed by atoms with Crippen LogP contribution in [0.1, 0.15) is 39.2 Å². The van der Waals surface area contributed by atoms with Crippen molar-refractivity contribution in [2.45, 2.75) is 56.7 Å². The average molecular weight is 338 g/mol. The van der Waals surface area contributed by atoms with Crippen LogP contribution >= 0.6 is 0 Å². The third-order valence-corrected chi connectivity index (χ3v) is 7.61. The second-order valence-corrected chi connectivity index (χ2v) is 9.54. The molecule has 0 heterocycles. The van der Waals surface area contributed by atoms with E-state index in [0.717, 1.165) is 5.56 Å². The number of nitrogens with one attached hydrogen (secondary N) is 1. The quantitative estimate of drug-likeness (QED) is 0.778. The molecule has 0 bridgehead atoms. The lowest BCUT2D eigenvalue weighted by molar-refractivity contribution is 0.0430. The molecule has 4 atom stereocenters. The average Bonchev–Trinajstić information content (AvgIpc) is 2.98. The Kier molecular flexibility index (Phi) is 3.87. The van der Waals surface area contributed by atoms with Gasteiger partial charge in [-0.15, -0.1) is 0 Å². The summed E-state index contributed by atoms with van der Waals surface area (Å²) in [4.78, 5) is 0.209. The van der Waals surface area contributed by atoms with Crippen molar-refractivity contribution in [2.75, 3.05) is 0 Å². The largest absolute Gasteiger partial charge is 0.391 e. The summed E-state index contributed by atoms with van der Waals surface area (Å²) >= 11 is 0. The monoisotopic (exact) mass is 338 g/mol. The molecule has 0 spiro atoms. The highest BCUT2D eigenvalue weighted by atomic mass is 32.2. The number of hydrogen-bond acceptors (Lipinski definition) is 4. The van der Waals surface area contributed by atoms with Crippen molar-refractivity contribution < 1.29 is 13.5 Å². The first-order valence-electron chi connectivity index (χ1n) is 8.11. The van der Waals surface area contributed by atoms with Crippen molar-refractivity contribution in [3.8, 4) is 0 Å². The van der Waals surface area contributed by atoms with Crippen LogP contribution in [0.3, 0.4) is 0 Å². The molecule has 23 heavy (non-hydrogen) atoms. The Labute approximate surface area is 138 Å². The molecular weight excluding hydrogens is 312 g/mol. The summed E-state index contributed by atoms with van der Waals surface area (Å²) in [6.07, 6.45) is 0.665. The van der Waals surface area contributed by atoms with Crippen LogP contribution in [-0.2, 0) is 16.6 Å². The van der Waals surface area contributed by atoms with Gasteiger partial charge in [-0.2, -0.15) is 0 Å². The summed E-state index contributed by atoms with van der Waals surface area (Å²) in [5.74, 6) is 0.970. The van der Waals surface area contributed by atoms with E-state index >= 15 is 0 Å². The van der Waals surface area contributed by atoms with E-state index in [2.05, 4.69) is 18.6 Å². The van der Waals surface area contributed by atoms with Crippen LogP contribution in [0, 0.1) is 17.3 Å². The van der Waals surface area contributed by atoms with E-state index in [0.29, 0.717) is 31.2 Å². The van der Waals surface area contributed by atoms with Crippen LogP contribution in [0.15, 0.2) is 29.2 Å². The molecule has 1 aromatic rings. The molecule has 1 aromatic carbocycles. The van der Waals surface area contributed by atoms with Crippen LogP contribution in [0.4, 0.5) is 0 Å². The molecule has 128 valence electrons. The first-order valence-corrected chi connectivity index (χ1v) is 9.59. The summed E-state index contributed by atoms with van der Waals surface area (Å²) in [6, 6.07) is 6.56. The minimum absolute atomic E-state index is 0.201. The fourth-order valence-electron chi connectivity index (χ4n) is 4.10. The van der Waals surface area contributed by atoms with Crippen LogP contribution in [0.25, 0.3) is 0 Å². The fraction of sp³-hybridized carbons (Fsp3) is 0.647. The first kappa shape index (κ1) is 16.9. The van der Waals surface area contributed by atoms with Crippen LogP contribution in [0.5, 0.6) is 0 Å². The second kappa shape index (κ2) is 5.28. The van der Waals surface area contributed by atoms with Gasteiger partial charge >= 0.3 is 0 Å². The molecule has 2 aliphatic rings. The SMILES string of the molecule is CC1(C)[C@@H]2C[C@@H](O)[C@](C)(NS(=O)(=O)c3ccc(CN)cc3)C[C@@H]21. The van der Waals surface area contributed by atoms with Gasteiger partial charge in [-0.05, 0) is 54.7 Å². The van der Waals surface area contributed by atoms with E-state index in [1.807, 2.05) is 6.92 Å². The number of sulfonamides is 1. The molecule has 0 radical (unpaired) electrons. The highest BCUT2D eigenvalue weighted by Gasteiger charge is 2.64. The topological polar surface area (TPSA) is 92.4 Å². The standard InChI is InChI=1S/C17H26N2O3S/c1-16(2)13-8-15(20)17(3,9-14(13)16)19-23(21,22)12-6-4-11(10-18)5-7-12/h4-7,13-15,19-20H,8-10,18H2,1-3H3/t13-,14+,15-,17-/m1/s1.